The van der Waals surface area contributed by atoms with E-state index in [1.54, 1.807) is 18.5 Å². The minimum absolute atomic E-state index is 0.00751. The van der Waals surface area contributed by atoms with Gasteiger partial charge in [0, 0.05) is 29.7 Å². The lowest BCUT2D eigenvalue weighted by atomic mass is 9.86. The van der Waals surface area contributed by atoms with Crippen LogP contribution in [0, 0.1) is 0 Å². The molecule has 8 heteroatoms. The second-order valence-electron chi connectivity index (χ2n) is 5.40. The van der Waals surface area contributed by atoms with Gasteiger partial charge in [0.05, 0.1) is 4.90 Å². The number of nitrogens with zero attached hydrogens (tertiary/aromatic N) is 1. The lowest BCUT2D eigenvalue weighted by Crippen LogP contribution is -2.36. The van der Waals surface area contributed by atoms with Crippen LogP contribution in [-0.2, 0) is 15.4 Å². The summed E-state index contributed by atoms with van der Waals surface area (Å²) in [6.07, 6.45) is 3.35. The molecule has 118 valence electrons. The molecule has 6 nitrogen and oxygen atoms in total. The summed E-state index contributed by atoms with van der Waals surface area (Å²) in [5, 5.41) is 10.2. The quantitative estimate of drug-likeness (QED) is 0.839. The lowest BCUT2D eigenvalue weighted by Gasteiger charge is -2.25. The molecule has 0 saturated carbocycles. The minimum Gasteiger partial charge on any atom is -0.477 e. The van der Waals surface area contributed by atoms with Crippen LogP contribution in [0.2, 0.25) is 0 Å². The maximum atomic E-state index is 12.2. The normalized spacial score (nSPS) is 12.3. The van der Waals surface area contributed by atoms with Crippen molar-refractivity contribution in [3.63, 3.8) is 0 Å². The van der Waals surface area contributed by atoms with E-state index in [4.69, 9.17) is 5.11 Å². The first kappa shape index (κ1) is 16.6. The van der Waals surface area contributed by atoms with Gasteiger partial charge in [-0.1, -0.05) is 19.9 Å². The Morgan fingerprint density at radius 1 is 1.45 bits per heavy atom. The molecule has 0 aliphatic carbocycles. The summed E-state index contributed by atoms with van der Waals surface area (Å²) in [6, 6.07) is 4.84. The first-order valence-electron chi connectivity index (χ1n) is 6.44. The molecule has 22 heavy (non-hydrogen) atoms. The van der Waals surface area contributed by atoms with Gasteiger partial charge in [0.25, 0.3) is 0 Å². The summed E-state index contributed by atoms with van der Waals surface area (Å²) in [5.41, 5.74) is 0.474. The summed E-state index contributed by atoms with van der Waals surface area (Å²) in [5.74, 6) is -1.14. The van der Waals surface area contributed by atoms with E-state index in [9.17, 15) is 13.2 Å². The second kappa shape index (κ2) is 6.15. The molecular formula is C14H16N2O4S2. The number of hydrogen-bond acceptors (Lipinski definition) is 5. The molecule has 0 unspecified atom stereocenters. The number of carboxylic acids is 1. The van der Waals surface area contributed by atoms with Crippen LogP contribution in [0.25, 0.3) is 0 Å². The molecule has 0 amide bonds. The van der Waals surface area contributed by atoms with Crippen molar-refractivity contribution in [2.75, 3.05) is 6.54 Å². The fourth-order valence-corrected chi connectivity index (χ4v) is 4.12. The van der Waals surface area contributed by atoms with Gasteiger partial charge in [0.2, 0.25) is 10.0 Å². The highest BCUT2D eigenvalue weighted by atomic mass is 32.2. The average molecular weight is 340 g/mol. The number of pyridine rings is 1. The Labute approximate surface area is 132 Å². The third-order valence-electron chi connectivity index (χ3n) is 3.24. The van der Waals surface area contributed by atoms with Crippen molar-refractivity contribution in [1.82, 2.24) is 9.71 Å². The van der Waals surface area contributed by atoms with Gasteiger partial charge < -0.3 is 5.11 Å². The Balaban J connectivity index is 2.14. The number of aromatic carboxylic acids is 1. The molecule has 2 rings (SSSR count). The number of aromatic nitrogens is 1. The molecule has 0 aliphatic heterocycles. The van der Waals surface area contributed by atoms with Gasteiger partial charge in [-0.2, -0.15) is 0 Å². The summed E-state index contributed by atoms with van der Waals surface area (Å²) in [4.78, 5) is 14.8. The maximum Gasteiger partial charge on any atom is 0.345 e. The first-order valence-corrected chi connectivity index (χ1v) is 8.81. The van der Waals surface area contributed by atoms with E-state index in [0.29, 0.717) is 0 Å². The SMILES string of the molecule is CC(C)(CNS(=O)(=O)c1csc(C(=O)O)c1)c1cccnc1. The smallest absolute Gasteiger partial charge is 0.345 e. The van der Waals surface area contributed by atoms with Gasteiger partial charge in [-0.3, -0.25) is 4.98 Å². The Morgan fingerprint density at radius 3 is 2.73 bits per heavy atom. The van der Waals surface area contributed by atoms with Crippen LogP contribution in [0.5, 0.6) is 0 Å². The fourth-order valence-electron chi connectivity index (χ4n) is 1.80. The van der Waals surface area contributed by atoms with E-state index in [0.717, 1.165) is 23.0 Å². The van der Waals surface area contributed by atoms with Gasteiger partial charge in [-0.15, -0.1) is 11.3 Å². The van der Waals surface area contributed by atoms with Crippen LogP contribution >= 0.6 is 11.3 Å². The van der Waals surface area contributed by atoms with Crippen molar-refractivity contribution in [3.8, 4) is 0 Å². The van der Waals surface area contributed by atoms with Gasteiger partial charge >= 0.3 is 5.97 Å². The van der Waals surface area contributed by atoms with Crippen molar-refractivity contribution in [3.05, 3.63) is 46.4 Å². The molecule has 2 aromatic rings. The fraction of sp³-hybridized carbons (Fsp3) is 0.286. The van der Waals surface area contributed by atoms with E-state index in [1.165, 1.54) is 5.38 Å². The third kappa shape index (κ3) is 3.70. The van der Waals surface area contributed by atoms with Gasteiger partial charge in [0.1, 0.15) is 4.88 Å². The molecule has 0 atom stereocenters. The molecule has 0 spiro atoms. The average Bonchev–Trinajstić information content (AvgIpc) is 2.97. The number of thiophene rings is 1. The highest BCUT2D eigenvalue weighted by Gasteiger charge is 2.25. The van der Waals surface area contributed by atoms with E-state index in [1.807, 2.05) is 19.9 Å². The summed E-state index contributed by atoms with van der Waals surface area (Å²) < 4.78 is 27.0. The predicted molar refractivity (Wildman–Crippen MR) is 83.7 cm³/mol. The molecule has 0 bridgehead atoms. The van der Waals surface area contributed by atoms with E-state index in [2.05, 4.69) is 9.71 Å². The Hall–Kier alpha value is -1.77. The molecule has 0 aromatic carbocycles. The van der Waals surface area contributed by atoms with Gasteiger partial charge in [-0.25, -0.2) is 17.9 Å². The van der Waals surface area contributed by atoms with Crippen molar-refractivity contribution in [1.29, 1.82) is 0 Å². The minimum atomic E-state index is -3.74. The summed E-state index contributed by atoms with van der Waals surface area (Å²) in [7, 11) is -3.74. The first-order chi connectivity index (χ1) is 10.2. The van der Waals surface area contributed by atoms with E-state index in [-0.39, 0.29) is 16.3 Å². The van der Waals surface area contributed by atoms with E-state index >= 15 is 0 Å². The van der Waals surface area contributed by atoms with Crippen LogP contribution in [-0.4, -0.2) is 31.0 Å². The highest BCUT2D eigenvalue weighted by Crippen LogP contribution is 2.23. The lowest BCUT2D eigenvalue weighted by molar-refractivity contribution is 0.0702. The zero-order chi connectivity index (χ0) is 16.4. The Morgan fingerprint density at radius 2 is 2.18 bits per heavy atom. The number of sulfonamides is 1. The molecular weight excluding hydrogens is 324 g/mol. The monoisotopic (exact) mass is 340 g/mol. The zero-order valence-electron chi connectivity index (χ0n) is 12.1. The number of carboxylic acid groups (broad SMARTS) is 1. The van der Waals surface area contributed by atoms with Crippen LogP contribution < -0.4 is 4.72 Å². The Kier molecular flexibility index (Phi) is 4.64. The molecule has 0 aliphatic rings. The molecule has 2 heterocycles. The van der Waals surface area contributed by atoms with Crippen LogP contribution in [0.15, 0.2) is 40.9 Å². The van der Waals surface area contributed by atoms with Crippen molar-refractivity contribution >= 4 is 27.3 Å². The summed E-state index contributed by atoms with van der Waals surface area (Å²) >= 11 is 0.886. The molecule has 0 fully saturated rings. The van der Waals surface area contributed by atoms with Crippen molar-refractivity contribution in [2.45, 2.75) is 24.2 Å². The second-order valence-corrected chi connectivity index (χ2v) is 8.08. The van der Waals surface area contributed by atoms with Gasteiger partial charge in [0.15, 0.2) is 0 Å². The van der Waals surface area contributed by atoms with Gasteiger partial charge in [-0.05, 0) is 17.7 Å². The van der Waals surface area contributed by atoms with Crippen LogP contribution in [0.3, 0.4) is 0 Å². The number of hydrogen-bond donors (Lipinski definition) is 2. The predicted octanol–water partition coefficient (Wildman–Crippen LogP) is 2.10. The molecule has 2 N–H and O–H groups in total. The number of rotatable bonds is 6. The third-order valence-corrected chi connectivity index (χ3v) is 5.69. The number of nitrogens with one attached hydrogen (secondary N) is 1. The van der Waals surface area contributed by atoms with Crippen molar-refractivity contribution < 1.29 is 18.3 Å². The van der Waals surface area contributed by atoms with Crippen LogP contribution in [0.1, 0.15) is 29.1 Å². The number of carbonyl (C=O) groups is 1. The van der Waals surface area contributed by atoms with E-state index < -0.39 is 21.4 Å². The zero-order valence-corrected chi connectivity index (χ0v) is 13.7. The Bertz CT molecular complexity index is 767. The maximum absolute atomic E-state index is 12.2. The topological polar surface area (TPSA) is 96.4 Å². The largest absolute Gasteiger partial charge is 0.477 e. The highest BCUT2D eigenvalue weighted by molar-refractivity contribution is 7.89. The van der Waals surface area contributed by atoms with Crippen LogP contribution in [0.4, 0.5) is 0 Å². The van der Waals surface area contributed by atoms with Crippen molar-refractivity contribution in [2.24, 2.45) is 0 Å². The standard InChI is InChI=1S/C14H16N2O4S2/c1-14(2,10-4-3-5-15-7-10)9-16-22(19,20)11-6-12(13(17)18)21-8-11/h3-8,16H,9H2,1-2H3,(H,17,18). The molecule has 2 aromatic heterocycles. The molecule has 0 radical (unpaired) electrons. The molecule has 0 saturated heterocycles. The summed E-state index contributed by atoms with van der Waals surface area (Å²) in [6.45, 7) is 3.99.